The van der Waals surface area contributed by atoms with Crippen LogP contribution in [0.3, 0.4) is 0 Å². The van der Waals surface area contributed by atoms with Gasteiger partial charge in [0, 0.05) is 13.1 Å². The van der Waals surface area contributed by atoms with E-state index < -0.39 is 0 Å². The van der Waals surface area contributed by atoms with Crippen LogP contribution < -0.4 is 10.6 Å². The third kappa shape index (κ3) is 2.27. The van der Waals surface area contributed by atoms with Gasteiger partial charge in [-0.1, -0.05) is 24.3 Å². The molecule has 5 nitrogen and oxygen atoms in total. The molecule has 2 aromatic rings. The average molecular weight is 253 g/mol. The predicted octanol–water partition coefficient (Wildman–Crippen LogP) is 1.32. The number of hydrogen-bond donors (Lipinski definition) is 2. The summed E-state index contributed by atoms with van der Waals surface area (Å²) in [6, 6.07) is 8.47. The molecule has 0 spiro atoms. The van der Waals surface area contributed by atoms with Crippen LogP contribution in [0, 0.1) is 5.41 Å². The van der Waals surface area contributed by atoms with E-state index >= 15 is 0 Å². The molecule has 0 saturated heterocycles. The van der Waals surface area contributed by atoms with Gasteiger partial charge in [-0.25, -0.2) is 9.97 Å². The van der Waals surface area contributed by atoms with Gasteiger partial charge in [0.05, 0.1) is 12.4 Å². The van der Waals surface area contributed by atoms with E-state index in [4.69, 9.17) is 11.1 Å². The Balaban J connectivity index is 1.83. The van der Waals surface area contributed by atoms with Gasteiger partial charge in [-0.3, -0.25) is 5.41 Å². The van der Waals surface area contributed by atoms with Gasteiger partial charge in [0.25, 0.3) is 0 Å². The molecule has 0 fully saturated rings. The normalized spacial score (nSPS) is 14.0. The highest BCUT2D eigenvalue weighted by Crippen LogP contribution is 2.22. The molecule has 96 valence electrons. The minimum absolute atomic E-state index is 0.0527. The minimum atomic E-state index is -0.0527. The number of anilines is 1. The molecule has 5 heteroatoms. The molecule has 0 saturated carbocycles. The Hall–Kier alpha value is -2.43. The first-order valence-corrected chi connectivity index (χ1v) is 6.22. The Kier molecular flexibility index (Phi) is 2.87. The number of nitrogens with zero attached hydrogens (tertiary/aromatic N) is 3. The van der Waals surface area contributed by atoms with Crippen molar-refractivity contribution in [1.29, 1.82) is 5.41 Å². The Morgan fingerprint density at radius 2 is 1.95 bits per heavy atom. The molecule has 0 aliphatic carbocycles. The summed E-state index contributed by atoms with van der Waals surface area (Å²) in [6.45, 7) is 1.79. The zero-order valence-corrected chi connectivity index (χ0v) is 10.5. The van der Waals surface area contributed by atoms with E-state index in [-0.39, 0.29) is 5.84 Å². The van der Waals surface area contributed by atoms with E-state index in [1.54, 1.807) is 12.4 Å². The highest BCUT2D eigenvalue weighted by atomic mass is 15.2. The van der Waals surface area contributed by atoms with Crippen molar-refractivity contribution < 1.29 is 0 Å². The average Bonchev–Trinajstić information content (AvgIpc) is 2.47. The molecule has 1 aromatic heterocycles. The summed E-state index contributed by atoms with van der Waals surface area (Å²) in [4.78, 5) is 10.7. The van der Waals surface area contributed by atoms with Crippen LogP contribution >= 0.6 is 0 Å². The highest BCUT2D eigenvalue weighted by molar-refractivity contribution is 5.92. The maximum absolute atomic E-state index is 7.31. The molecule has 19 heavy (non-hydrogen) atoms. The van der Waals surface area contributed by atoms with Crippen molar-refractivity contribution in [3.8, 4) is 0 Å². The van der Waals surface area contributed by atoms with Crippen LogP contribution in [-0.4, -0.2) is 22.3 Å². The van der Waals surface area contributed by atoms with Gasteiger partial charge in [-0.2, -0.15) is 0 Å². The molecule has 1 aliphatic heterocycles. The fraction of sp³-hybridized carbons (Fsp3) is 0.214. The molecule has 3 rings (SSSR count). The van der Waals surface area contributed by atoms with Gasteiger partial charge in [0.1, 0.15) is 17.3 Å². The lowest BCUT2D eigenvalue weighted by atomic mass is 10.0. The Bertz CT molecular complexity index is 605. The van der Waals surface area contributed by atoms with Crippen LogP contribution in [0.15, 0.2) is 36.7 Å². The molecule has 1 aliphatic rings. The van der Waals surface area contributed by atoms with Gasteiger partial charge in [-0.05, 0) is 17.5 Å². The largest absolute Gasteiger partial charge is 0.382 e. The van der Waals surface area contributed by atoms with Crippen LogP contribution in [-0.2, 0) is 13.0 Å². The second-order valence-electron chi connectivity index (χ2n) is 4.61. The summed E-state index contributed by atoms with van der Waals surface area (Å²) < 4.78 is 0. The maximum atomic E-state index is 7.31. The van der Waals surface area contributed by atoms with E-state index in [1.165, 1.54) is 11.1 Å². The van der Waals surface area contributed by atoms with Gasteiger partial charge < -0.3 is 10.6 Å². The van der Waals surface area contributed by atoms with Crippen molar-refractivity contribution >= 4 is 11.7 Å². The third-order valence-electron chi connectivity index (χ3n) is 3.37. The number of nitrogen functional groups attached to an aromatic ring is 1. The summed E-state index contributed by atoms with van der Waals surface area (Å²) in [5.41, 5.74) is 8.54. The van der Waals surface area contributed by atoms with Crippen molar-refractivity contribution in [2.24, 2.45) is 5.73 Å². The van der Waals surface area contributed by atoms with Crippen LogP contribution in [0.4, 0.5) is 5.82 Å². The number of rotatable bonds is 2. The van der Waals surface area contributed by atoms with Crippen molar-refractivity contribution in [2.75, 3.05) is 11.4 Å². The quantitative estimate of drug-likeness (QED) is 0.625. The Morgan fingerprint density at radius 3 is 2.63 bits per heavy atom. The Morgan fingerprint density at radius 1 is 1.16 bits per heavy atom. The summed E-state index contributed by atoms with van der Waals surface area (Å²) in [7, 11) is 0. The zero-order chi connectivity index (χ0) is 13.2. The fourth-order valence-corrected chi connectivity index (χ4v) is 2.31. The smallest absolute Gasteiger partial charge is 0.147 e. The number of hydrogen-bond acceptors (Lipinski definition) is 4. The maximum Gasteiger partial charge on any atom is 0.147 e. The molecule has 3 N–H and O–H groups in total. The second kappa shape index (κ2) is 4.68. The van der Waals surface area contributed by atoms with E-state index in [2.05, 4.69) is 39.1 Å². The minimum Gasteiger partial charge on any atom is -0.382 e. The standard InChI is InChI=1S/C14H15N5/c15-14(16)12-7-18-13(8-17-12)19-6-5-10-3-1-2-4-11(10)9-19/h1-4,7-8H,5-6,9H2,(H3,15,16). The molecular formula is C14H15N5. The van der Waals surface area contributed by atoms with Crippen LogP contribution in [0.25, 0.3) is 0 Å². The first-order chi connectivity index (χ1) is 9.24. The Labute approximate surface area is 111 Å². The number of amidine groups is 1. The van der Waals surface area contributed by atoms with E-state index in [1.807, 2.05) is 0 Å². The lowest BCUT2D eigenvalue weighted by Crippen LogP contribution is -2.31. The van der Waals surface area contributed by atoms with Crippen LogP contribution in [0.1, 0.15) is 16.8 Å². The highest BCUT2D eigenvalue weighted by Gasteiger charge is 2.17. The summed E-state index contributed by atoms with van der Waals surface area (Å²) in [5, 5.41) is 7.31. The monoisotopic (exact) mass is 253 g/mol. The van der Waals surface area contributed by atoms with Gasteiger partial charge >= 0.3 is 0 Å². The first-order valence-electron chi connectivity index (χ1n) is 6.22. The lowest BCUT2D eigenvalue weighted by molar-refractivity contribution is 0.718. The topological polar surface area (TPSA) is 78.9 Å². The van der Waals surface area contributed by atoms with Gasteiger partial charge in [0.15, 0.2) is 0 Å². The third-order valence-corrected chi connectivity index (χ3v) is 3.37. The number of nitrogens with one attached hydrogen (secondary N) is 1. The van der Waals surface area contributed by atoms with Crippen molar-refractivity contribution in [3.63, 3.8) is 0 Å². The molecule has 2 heterocycles. The molecule has 1 aromatic carbocycles. The number of fused-ring (bicyclic) bond motifs is 1. The van der Waals surface area contributed by atoms with Crippen LogP contribution in [0.5, 0.6) is 0 Å². The molecule has 0 radical (unpaired) electrons. The number of nitrogens with two attached hydrogens (primary N) is 1. The van der Waals surface area contributed by atoms with Crippen molar-refractivity contribution in [2.45, 2.75) is 13.0 Å². The summed E-state index contributed by atoms with van der Waals surface area (Å²) >= 11 is 0. The molecule has 0 amide bonds. The number of aromatic nitrogens is 2. The summed E-state index contributed by atoms with van der Waals surface area (Å²) in [6.07, 6.45) is 4.26. The van der Waals surface area contributed by atoms with Crippen LogP contribution in [0.2, 0.25) is 0 Å². The zero-order valence-electron chi connectivity index (χ0n) is 10.5. The first kappa shape index (κ1) is 11.6. The molecule has 0 unspecified atom stereocenters. The predicted molar refractivity (Wildman–Crippen MR) is 74.2 cm³/mol. The van der Waals surface area contributed by atoms with E-state index in [0.717, 1.165) is 25.3 Å². The molecule has 0 bridgehead atoms. The molecular weight excluding hydrogens is 238 g/mol. The molecule has 0 atom stereocenters. The fourth-order valence-electron chi connectivity index (χ4n) is 2.31. The van der Waals surface area contributed by atoms with E-state index in [0.29, 0.717) is 5.69 Å². The van der Waals surface area contributed by atoms with Crippen molar-refractivity contribution in [1.82, 2.24) is 9.97 Å². The SMILES string of the molecule is N=C(N)c1cnc(N2CCc3ccccc3C2)cn1. The lowest BCUT2D eigenvalue weighted by Gasteiger charge is -2.29. The summed E-state index contributed by atoms with van der Waals surface area (Å²) in [5.74, 6) is 0.780. The van der Waals surface area contributed by atoms with Crippen molar-refractivity contribution in [3.05, 3.63) is 53.5 Å². The number of benzene rings is 1. The second-order valence-corrected chi connectivity index (χ2v) is 4.61. The van der Waals surface area contributed by atoms with Gasteiger partial charge in [0.2, 0.25) is 0 Å². The van der Waals surface area contributed by atoms with Gasteiger partial charge in [-0.15, -0.1) is 0 Å². The van der Waals surface area contributed by atoms with E-state index in [9.17, 15) is 0 Å².